The fraction of sp³-hybridized carbons (Fsp3) is 0.429. The Morgan fingerprint density at radius 3 is 2.41 bits per heavy atom. The summed E-state index contributed by atoms with van der Waals surface area (Å²) in [5.41, 5.74) is 5.46. The Labute approximate surface area is 202 Å². The highest BCUT2D eigenvalue weighted by atomic mass is 16.5. The number of nitrogens with one attached hydrogen (secondary N) is 1. The van der Waals surface area contributed by atoms with Crippen molar-refractivity contribution in [2.75, 3.05) is 20.3 Å². The number of aromatic amines is 1. The number of aryl methyl sites for hydroxylation is 1. The summed E-state index contributed by atoms with van der Waals surface area (Å²) >= 11 is 0. The Bertz CT molecular complexity index is 1150. The smallest absolute Gasteiger partial charge is 0.273 e. The van der Waals surface area contributed by atoms with Crippen LogP contribution in [0.4, 0.5) is 0 Å². The van der Waals surface area contributed by atoms with Gasteiger partial charge in [0.25, 0.3) is 5.91 Å². The van der Waals surface area contributed by atoms with Crippen LogP contribution in [-0.2, 0) is 0 Å². The number of nitrogens with zero attached hydrogens (tertiary/aromatic N) is 2. The maximum atomic E-state index is 13.4. The Kier molecular flexibility index (Phi) is 6.96. The third-order valence-corrected chi connectivity index (χ3v) is 6.21. The van der Waals surface area contributed by atoms with Gasteiger partial charge in [0.1, 0.15) is 5.69 Å². The topological polar surface area (TPSA) is 67.5 Å². The highest BCUT2D eigenvalue weighted by Crippen LogP contribution is 2.44. The number of methoxy groups -OCH3 is 1. The Balaban J connectivity index is 1.77. The number of fused-ring (bicyclic) bond motifs is 1. The first-order valence-corrected chi connectivity index (χ1v) is 12.1. The van der Waals surface area contributed by atoms with Gasteiger partial charge in [-0.05, 0) is 42.9 Å². The average molecular weight is 462 g/mol. The van der Waals surface area contributed by atoms with Crippen LogP contribution in [0.1, 0.15) is 67.3 Å². The number of H-pyrrole nitrogens is 1. The van der Waals surface area contributed by atoms with E-state index in [-0.39, 0.29) is 11.9 Å². The summed E-state index contributed by atoms with van der Waals surface area (Å²) in [5.74, 6) is 2.27. The molecule has 0 saturated heterocycles. The Morgan fingerprint density at radius 2 is 1.76 bits per heavy atom. The molecule has 1 aliphatic rings. The van der Waals surface area contributed by atoms with Crippen molar-refractivity contribution in [1.82, 2.24) is 15.1 Å². The number of carbonyl (C=O) groups excluding carboxylic acids is 1. The predicted octanol–water partition coefficient (Wildman–Crippen LogP) is 6.02. The lowest BCUT2D eigenvalue weighted by molar-refractivity contribution is 0.0722. The molecule has 1 unspecified atom stereocenters. The molecule has 1 N–H and O–H groups in total. The number of hydrogen-bond acceptors (Lipinski definition) is 4. The Hall–Kier alpha value is -3.28. The third kappa shape index (κ3) is 4.67. The van der Waals surface area contributed by atoms with Gasteiger partial charge >= 0.3 is 0 Å². The van der Waals surface area contributed by atoms with E-state index in [1.54, 1.807) is 7.11 Å². The summed E-state index contributed by atoms with van der Waals surface area (Å²) in [6.45, 7) is 12.0. The van der Waals surface area contributed by atoms with Crippen LogP contribution >= 0.6 is 0 Å². The van der Waals surface area contributed by atoms with Crippen LogP contribution in [0.15, 0.2) is 42.5 Å². The van der Waals surface area contributed by atoms with Gasteiger partial charge in [0.15, 0.2) is 11.5 Å². The second kappa shape index (κ2) is 9.92. The molecule has 34 heavy (non-hydrogen) atoms. The fourth-order valence-corrected chi connectivity index (χ4v) is 4.43. The van der Waals surface area contributed by atoms with Crippen LogP contribution in [0.5, 0.6) is 11.5 Å². The largest absolute Gasteiger partial charge is 0.493 e. The van der Waals surface area contributed by atoms with E-state index in [1.807, 2.05) is 23.1 Å². The maximum Gasteiger partial charge on any atom is 0.273 e. The molecule has 1 aromatic heterocycles. The summed E-state index contributed by atoms with van der Waals surface area (Å²) < 4.78 is 11.7. The van der Waals surface area contributed by atoms with Crippen molar-refractivity contribution in [3.8, 4) is 22.8 Å². The van der Waals surface area contributed by atoms with Gasteiger partial charge in [-0.1, -0.05) is 63.6 Å². The minimum atomic E-state index is -0.251. The zero-order valence-electron chi connectivity index (χ0n) is 21.0. The second-order valence-corrected chi connectivity index (χ2v) is 9.92. The molecule has 0 spiro atoms. The highest BCUT2D eigenvalue weighted by Gasteiger charge is 2.42. The first-order chi connectivity index (χ1) is 16.3. The number of carbonyl (C=O) groups is 1. The monoisotopic (exact) mass is 461 g/mol. The van der Waals surface area contributed by atoms with Gasteiger partial charge in [-0.2, -0.15) is 5.10 Å². The molecule has 2 aromatic carbocycles. The summed E-state index contributed by atoms with van der Waals surface area (Å²) in [5, 5.41) is 7.60. The molecule has 0 fully saturated rings. The van der Waals surface area contributed by atoms with Crippen molar-refractivity contribution in [1.29, 1.82) is 0 Å². The minimum Gasteiger partial charge on any atom is -0.493 e. The van der Waals surface area contributed by atoms with Crippen LogP contribution in [0.3, 0.4) is 0 Å². The van der Waals surface area contributed by atoms with Gasteiger partial charge in [-0.15, -0.1) is 0 Å². The quantitative estimate of drug-likeness (QED) is 0.423. The maximum absolute atomic E-state index is 13.4. The normalized spacial score (nSPS) is 15.4. The van der Waals surface area contributed by atoms with Crippen LogP contribution in [0, 0.1) is 18.8 Å². The van der Waals surface area contributed by atoms with E-state index in [2.05, 4.69) is 69.1 Å². The highest BCUT2D eigenvalue weighted by molar-refractivity contribution is 6.00. The molecule has 6 nitrogen and oxygen atoms in total. The third-order valence-electron chi connectivity index (χ3n) is 6.21. The van der Waals surface area contributed by atoms with E-state index < -0.39 is 0 Å². The van der Waals surface area contributed by atoms with Crippen molar-refractivity contribution in [2.24, 2.45) is 11.8 Å². The molecule has 3 aromatic rings. The van der Waals surface area contributed by atoms with Crippen molar-refractivity contribution in [3.05, 3.63) is 64.8 Å². The summed E-state index contributed by atoms with van der Waals surface area (Å²) in [4.78, 5) is 15.4. The first-order valence-electron chi connectivity index (χ1n) is 12.1. The van der Waals surface area contributed by atoms with E-state index in [1.165, 1.54) is 5.56 Å². The van der Waals surface area contributed by atoms with Crippen LogP contribution < -0.4 is 9.47 Å². The molecule has 0 aliphatic carbocycles. The molecule has 1 amide bonds. The van der Waals surface area contributed by atoms with Gasteiger partial charge in [0.05, 0.1) is 25.5 Å². The molecule has 180 valence electrons. The van der Waals surface area contributed by atoms with Crippen molar-refractivity contribution < 1.29 is 14.3 Å². The van der Waals surface area contributed by atoms with Crippen molar-refractivity contribution >= 4 is 5.91 Å². The molecule has 4 rings (SSSR count). The lowest BCUT2D eigenvalue weighted by Gasteiger charge is -2.28. The first kappa shape index (κ1) is 23.9. The molecule has 0 saturated carbocycles. The van der Waals surface area contributed by atoms with Gasteiger partial charge in [0.2, 0.25) is 0 Å². The fourth-order valence-electron chi connectivity index (χ4n) is 4.43. The summed E-state index contributed by atoms with van der Waals surface area (Å²) in [7, 11) is 1.65. The zero-order chi connectivity index (χ0) is 24.4. The molecular weight excluding hydrogens is 426 g/mol. The summed E-state index contributed by atoms with van der Waals surface area (Å²) in [6, 6.07) is 14.0. The molecular formula is C28H35N3O3. The molecule has 0 radical (unpaired) electrons. The lowest BCUT2D eigenvalue weighted by atomic mass is 9.95. The van der Waals surface area contributed by atoms with E-state index in [9.17, 15) is 4.79 Å². The lowest BCUT2D eigenvalue weighted by Crippen LogP contribution is -2.32. The number of ether oxygens (including phenoxy) is 2. The van der Waals surface area contributed by atoms with Crippen molar-refractivity contribution in [2.45, 2.75) is 47.1 Å². The van der Waals surface area contributed by atoms with Crippen molar-refractivity contribution in [3.63, 3.8) is 0 Å². The second-order valence-electron chi connectivity index (χ2n) is 9.92. The number of rotatable bonds is 9. The number of amides is 1. The summed E-state index contributed by atoms with van der Waals surface area (Å²) in [6.07, 6.45) is 0.975. The number of aromatic nitrogens is 2. The van der Waals surface area contributed by atoms with Gasteiger partial charge in [-0.3, -0.25) is 9.89 Å². The SMILES string of the molecule is COc1cc(C2c3c(-c4ccc(C)cc4)n[nH]c3C(=O)N2CC(C)C)ccc1OCCC(C)C. The predicted molar refractivity (Wildman–Crippen MR) is 134 cm³/mol. The number of hydrogen-bond donors (Lipinski definition) is 1. The Morgan fingerprint density at radius 1 is 1.03 bits per heavy atom. The molecule has 2 heterocycles. The van der Waals surface area contributed by atoms with E-state index in [0.717, 1.165) is 34.6 Å². The molecule has 1 aliphatic heterocycles. The standard InChI is InChI=1S/C28H35N3O3/c1-17(2)13-14-34-22-12-11-21(15-23(22)33-6)27-24-25(20-9-7-19(5)8-10-20)29-30-26(24)28(32)31(27)16-18(3)4/h7-12,15,17-18,27H,13-14,16H2,1-6H3,(H,29,30). The molecule has 6 heteroatoms. The molecule has 1 atom stereocenters. The van der Waals surface area contributed by atoms with E-state index in [4.69, 9.17) is 9.47 Å². The van der Waals surface area contributed by atoms with Crippen LogP contribution in [-0.4, -0.2) is 41.3 Å². The van der Waals surface area contributed by atoms with Gasteiger partial charge in [-0.25, -0.2) is 0 Å². The molecule has 0 bridgehead atoms. The minimum absolute atomic E-state index is 0.0178. The number of benzene rings is 2. The van der Waals surface area contributed by atoms with Gasteiger partial charge < -0.3 is 14.4 Å². The van der Waals surface area contributed by atoms with E-state index >= 15 is 0 Å². The van der Waals surface area contributed by atoms with Crippen LogP contribution in [0.2, 0.25) is 0 Å². The van der Waals surface area contributed by atoms with E-state index in [0.29, 0.717) is 36.4 Å². The average Bonchev–Trinajstić information content (AvgIpc) is 3.33. The van der Waals surface area contributed by atoms with Gasteiger partial charge in [0, 0.05) is 17.7 Å². The van der Waals surface area contributed by atoms with Crippen LogP contribution in [0.25, 0.3) is 11.3 Å². The zero-order valence-corrected chi connectivity index (χ0v) is 21.0.